The summed E-state index contributed by atoms with van der Waals surface area (Å²) in [6.07, 6.45) is 5.42. The molecule has 1 spiro atoms. The molecule has 3 fully saturated rings. The van der Waals surface area contributed by atoms with Gasteiger partial charge in [0.15, 0.2) is 0 Å². The molecule has 0 aliphatic carbocycles. The van der Waals surface area contributed by atoms with Crippen LogP contribution in [0.4, 0.5) is 0 Å². The van der Waals surface area contributed by atoms with Crippen molar-refractivity contribution in [1.82, 2.24) is 14.7 Å². The van der Waals surface area contributed by atoms with Crippen LogP contribution in [0.5, 0.6) is 0 Å². The Hall–Kier alpha value is -2.10. The molecule has 1 aromatic rings. The number of aliphatic hydroxyl groups is 1. The first-order valence-corrected chi connectivity index (χ1v) is 16.5. The molecular formula is C32H44BrN3O4S. The fourth-order valence-electron chi connectivity index (χ4n) is 7.14. The number of halogens is 1. The number of carbonyl (C=O) groups excluding carboxylic acids is 3. The number of aliphatic hydroxyl groups excluding tert-OH is 1. The average Bonchev–Trinajstić information content (AvgIpc) is 3.54. The van der Waals surface area contributed by atoms with Gasteiger partial charge >= 0.3 is 0 Å². The summed E-state index contributed by atoms with van der Waals surface area (Å²) in [6, 6.07) is 8.51. The summed E-state index contributed by atoms with van der Waals surface area (Å²) in [4.78, 5) is 48.7. The Morgan fingerprint density at radius 1 is 1.17 bits per heavy atom. The van der Waals surface area contributed by atoms with Gasteiger partial charge in [-0.3, -0.25) is 14.4 Å². The second kappa shape index (κ2) is 13.5. The molecule has 3 aliphatic heterocycles. The third-order valence-electron chi connectivity index (χ3n) is 8.63. The lowest BCUT2D eigenvalue weighted by molar-refractivity contribution is -0.147. The highest BCUT2D eigenvalue weighted by Gasteiger charge is 2.76. The Bertz CT molecular complexity index is 1130. The predicted molar refractivity (Wildman–Crippen MR) is 169 cm³/mol. The van der Waals surface area contributed by atoms with Crippen molar-refractivity contribution in [3.63, 3.8) is 0 Å². The molecule has 1 N–H and O–H groups in total. The number of hydrogen-bond donors (Lipinski definition) is 1. The van der Waals surface area contributed by atoms with E-state index in [2.05, 4.69) is 42.9 Å². The monoisotopic (exact) mass is 645 g/mol. The minimum Gasteiger partial charge on any atom is -0.394 e. The van der Waals surface area contributed by atoms with E-state index in [0.717, 1.165) is 12.0 Å². The van der Waals surface area contributed by atoms with E-state index in [4.69, 9.17) is 0 Å². The third kappa shape index (κ3) is 5.91. The third-order valence-corrected chi connectivity index (χ3v) is 11.8. The SMILES string of the molecule is C=CCN(Cc1ccccc1)C(=O)C1N([C@@H](CO)CC(C)C)C(=O)[C@@H]2[C@@H](C(=O)N(CC=C)CCC)[C@@H]3SC12CC3Br. The zero-order valence-electron chi connectivity index (χ0n) is 24.5. The highest BCUT2D eigenvalue weighted by Crippen LogP contribution is 2.68. The van der Waals surface area contributed by atoms with Gasteiger partial charge in [-0.2, -0.15) is 0 Å². The lowest BCUT2D eigenvalue weighted by Gasteiger charge is -2.40. The molecular weight excluding hydrogens is 602 g/mol. The van der Waals surface area contributed by atoms with Crippen molar-refractivity contribution in [2.75, 3.05) is 26.2 Å². The normalized spacial score (nSPS) is 29.0. The van der Waals surface area contributed by atoms with Crippen LogP contribution in [0.1, 0.15) is 45.6 Å². The summed E-state index contributed by atoms with van der Waals surface area (Å²) in [5.41, 5.74) is 0.989. The fraction of sp³-hybridized carbons (Fsp3) is 0.594. The number of rotatable bonds is 14. The summed E-state index contributed by atoms with van der Waals surface area (Å²) in [5.74, 6) is -1.33. The first-order chi connectivity index (χ1) is 19.6. The summed E-state index contributed by atoms with van der Waals surface area (Å²) in [6.45, 7) is 15.4. The molecule has 3 saturated heterocycles. The van der Waals surface area contributed by atoms with Gasteiger partial charge in [-0.1, -0.05) is 79.2 Å². The topological polar surface area (TPSA) is 81.2 Å². The van der Waals surface area contributed by atoms with Crippen LogP contribution in [0.25, 0.3) is 0 Å². The van der Waals surface area contributed by atoms with Gasteiger partial charge in [0.2, 0.25) is 17.7 Å². The van der Waals surface area contributed by atoms with Crippen molar-refractivity contribution >= 4 is 45.4 Å². The molecule has 224 valence electrons. The maximum atomic E-state index is 14.7. The van der Waals surface area contributed by atoms with Gasteiger partial charge in [0.25, 0.3) is 0 Å². The van der Waals surface area contributed by atoms with E-state index in [1.165, 1.54) is 0 Å². The predicted octanol–water partition coefficient (Wildman–Crippen LogP) is 4.50. The number of fused-ring (bicyclic) bond motifs is 1. The number of carbonyl (C=O) groups is 3. The highest BCUT2D eigenvalue weighted by molar-refractivity contribution is 9.09. The molecule has 0 radical (unpaired) electrons. The number of benzene rings is 1. The number of alkyl halides is 1. The number of amides is 3. The Balaban J connectivity index is 1.81. The first-order valence-electron chi connectivity index (χ1n) is 14.7. The van der Waals surface area contributed by atoms with Crippen molar-refractivity contribution in [2.45, 2.75) is 73.5 Å². The van der Waals surface area contributed by atoms with Crippen LogP contribution in [0.15, 0.2) is 55.6 Å². The highest BCUT2D eigenvalue weighted by atomic mass is 79.9. The Morgan fingerprint density at radius 3 is 2.41 bits per heavy atom. The van der Waals surface area contributed by atoms with Crippen LogP contribution in [0.3, 0.4) is 0 Å². The van der Waals surface area contributed by atoms with Gasteiger partial charge < -0.3 is 19.8 Å². The van der Waals surface area contributed by atoms with Crippen molar-refractivity contribution in [1.29, 1.82) is 0 Å². The summed E-state index contributed by atoms with van der Waals surface area (Å²) < 4.78 is -0.764. The molecule has 2 bridgehead atoms. The summed E-state index contributed by atoms with van der Waals surface area (Å²) in [5, 5.41) is 10.5. The smallest absolute Gasteiger partial charge is 0.247 e. The van der Waals surface area contributed by atoms with Crippen molar-refractivity contribution in [2.24, 2.45) is 17.8 Å². The fourth-order valence-corrected chi connectivity index (χ4v) is 10.7. The Kier molecular flexibility index (Phi) is 10.5. The second-order valence-corrected chi connectivity index (χ2v) is 14.7. The lowest BCUT2D eigenvalue weighted by Crippen LogP contribution is -2.58. The zero-order valence-corrected chi connectivity index (χ0v) is 26.9. The molecule has 9 heteroatoms. The zero-order chi connectivity index (χ0) is 29.9. The van der Waals surface area contributed by atoms with Gasteiger partial charge in [-0.15, -0.1) is 24.9 Å². The number of nitrogens with zero attached hydrogens (tertiary/aromatic N) is 3. The quantitative estimate of drug-likeness (QED) is 0.238. The number of likely N-dealkylation sites (tertiary alicyclic amines) is 1. The van der Waals surface area contributed by atoms with Crippen LogP contribution >= 0.6 is 27.7 Å². The molecule has 0 saturated carbocycles. The largest absolute Gasteiger partial charge is 0.394 e. The van der Waals surface area contributed by atoms with Crippen LogP contribution in [0.2, 0.25) is 0 Å². The van der Waals surface area contributed by atoms with Crippen LogP contribution in [-0.2, 0) is 20.9 Å². The molecule has 7 atom stereocenters. The van der Waals surface area contributed by atoms with E-state index in [0.29, 0.717) is 39.0 Å². The minimum atomic E-state index is -0.786. The van der Waals surface area contributed by atoms with Crippen molar-refractivity contribution < 1.29 is 19.5 Å². The van der Waals surface area contributed by atoms with E-state index >= 15 is 0 Å². The molecule has 7 nitrogen and oxygen atoms in total. The van der Waals surface area contributed by atoms with Gasteiger partial charge in [0, 0.05) is 36.3 Å². The van der Waals surface area contributed by atoms with Crippen LogP contribution in [0, 0.1) is 17.8 Å². The van der Waals surface area contributed by atoms with E-state index in [9.17, 15) is 19.5 Å². The van der Waals surface area contributed by atoms with Crippen LogP contribution in [-0.4, -0.2) is 90.7 Å². The van der Waals surface area contributed by atoms with E-state index in [1.807, 2.05) is 37.3 Å². The molecule has 3 aliphatic rings. The van der Waals surface area contributed by atoms with E-state index in [-0.39, 0.29) is 40.3 Å². The Labute approximate surface area is 257 Å². The number of thioether (sulfide) groups is 1. The molecule has 3 unspecified atom stereocenters. The standard InChI is InChI=1S/C32H44BrN3O4S/c1-6-14-34(15-7-2)29(38)25-26-30(39)36(23(20-37)17-21(4)5)28(32(26)18-24(33)27(25)41-32)31(40)35(16-8-3)19-22-12-10-9-11-13-22/h6,8-13,21,23-28,37H,1,3,7,14-20H2,2,4-5H3/t23-,24?,25-,26+,27-,28?,32?/m1/s1. The summed E-state index contributed by atoms with van der Waals surface area (Å²) in [7, 11) is 0. The van der Waals surface area contributed by atoms with Gasteiger partial charge in [0.1, 0.15) is 6.04 Å². The second-order valence-electron chi connectivity index (χ2n) is 11.9. The van der Waals surface area contributed by atoms with Crippen LogP contribution < -0.4 is 0 Å². The number of hydrogen-bond acceptors (Lipinski definition) is 5. The lowest BCUT2D eigenvalue weighted by atomic mass is 9.70. The molecule has 41 heavy (non-hydrogen) atoms. The van der Waals surface area contributed by atoms with E-state index < -0.39 is 28.7 Å². The average molecular weight is 647 g/mol. The summed E-state index contributed by atoms with van der Waals surface area (Å²) >= 11 is 5.51. The first kappa shape index (κ1) is 31.8. The molecule has 3 amide bonds. The minimum absolute atomic E-state index is 0.00684. The maximum Gasteiger partial charge on any atom is 0.247 e. The van der Waals surface area contributed by atoms with E-state index in [1.54, 1.807) is 38.6 Å². The maximum absolute atomic E-state index is 14.7. The van der Waals surface area contributed by atoms with Gasteiger partial charge in [-0.05, 0) is 30.7 Å². The molecule has 1 aromatic carbocycles. The van der Waals surface area contributed by atoms with Gasteiger partial charge in [0.05, 0.1) is 29.2 Å². The Morgan fingerprint density at radius 2 is 1.83 bits per heavy atom. The molecule has 4 rings (SSSR count). The van der Waals surface area contributed by atoms with Crippen molar-refractivity contribution in [3.8, 4) is 0 Å². The van der Waals surface area contributed by atoms with Gasteiger partial charge in [-0.25, -0.2) is 0 Å². The molecule has 3 heterocycles. The molecule has 0 aromatic heterocycles. The van der Waals surface area contributed by atoms with Crippen molar-refractivity contribution in [3.05, 3.63) is 61.2 Å².